The van der Waals surface area contributed by atoms with Gasteiger partial charge in [-0.1, -0.05) is 23.8 Å². The summed E-state index contributed by atoms with van der Waals surface area (Å²) in [5, 5.41) is 9.73. The highest BCUT2D eigenvalue weighted by atomic mass is 16.3. The van der Waals surface area contributed by atoms with Crippen LogP contribution in [0.4, 0.5) is 0 Å². The van der Waals surface area contributed by atoms with Gasteiger partial charge in [-0.3, -0.25) is 4.79 Å². The van der Waals surface area contributed by atoms with E-state index in [9.17, 15) is 9.90 Å². The summed E-state index contributed by atoms with van der Waals surface area (Å²) >= 11 is 0. The van der Waals surface area contributed by atoms with E-state index >= 15 is 0 Å². The lowest BCUT2D eigenvalue weighted by Gasteiger charge is -2.10. The van der Waals surface area contributed by atoms with Crippen molar-refractivity contribution in [1.82, 2.24) is 0 Å². The summed E-state index contributed by atoms with van der Waals surface area (Å²) in [6.07, 6.45) is 1.63. The maximum atomic E-state index is 11.8. The van der Waals surface area contributed by atoms with E-state index in [2.05, 4.69) is 0 Å². The van der Waals surface area contributed by atoms with Crippen molar-refractivity contribution in [2.75, 3.05) is 0 Å². The van der Waals surface area contributed by atoms with Gasteiger partial charge in [0, 0.05) is 6.42 Å². The second kappa shape index (κ2) is 4.38. The fourth-order valence-electron chi connectivity index (χ4n) is 1.96. The number of ketones is 1. The number of carbonyl (C=O) groups excluding carboxylic acids is 1. The van der Waals surface area contributed by atoms with Gasteiger partial charge in [-0.05, 0) is 43.7 Å². The van der Waals surface area contributed by atoms with Crippen LogP contribution in [-0.2, 0) is 11.2 Å². The van der Waals surface area contributed by atoms with Crippen molar-refractivity contribution >= 4 is 5.78 Å². The SMILES string of the molecule is Cc1ccc(C)c(CC(=O)C(O)C2CC2)c1. The number of rotatable bonds is 4. The third-order valence-electron chi connectivity index (χ3n) is 3.27. The second-order valence-electron chi connectivity index (χ2n) is 4.86. The highest BCUT2D eigenvalue weighted by molar-refractivity contribution is 5.85. The zero-order chi connectivity index (χ0) is 11.7. The van der Waals surface area contributed by atoms with Crippen molar-refractivity contribution in [3.63, 3.8) is 0 Å². The Morgan fingerprint density at radius 3 is 2.75 bits per heavy atom. The van der Waals surface area contributed by atoms with Gasteiger partial charge >= 0.3 is 0 Å². The van der Waals surface area contributed by atoms with E-state index in [1.807, 2.05) is 32.0 Å². The Bertz CT molecular complexity index is 405. The van der Waals surface area contributed by atoms with Crippen molar-refractivity contribution in [2.45, 2.75) is 39.2 Å². The van der Waals surface area contributed by atoms with E-state index in [1.165, 1.54) is 0 Å². The van der Waals surface area contributed by atoms with Crippen molar-refractivity contribution in [1.29, 1.82) is 0 Å². The van der Waals surface area contributed by atoms with Gasteiger partial charge in [0.25, 0.3) is 0 Å². The van der Waals surface area contributed by atoms with Gasteiger partial charge in [-0.2, -0.15) is 0 Å². The number of hydrogen-bond acceptors (Lipinski definition) is 2. The van der Waals surface area contributed by atoms with Crippen LogP contribution in [-0.4, -0.2) is 17.0 Å². The zero-order valence-corrected chi connectivity index (χ0v) is 9.86. The predicted octanol–water partition coefficient (Wildman–Crippen LogP) is 2.19. The lowest BCUT2D eigenvalue weighted by Crippen LogP contribution is -2.24. The number of aryl methyl sites for hydroxylation is 2. The molecule has 2 heteroatoms. The number of Topliss-reactive ketones (excluding diaryl/α,β-unsaturated/α-hetero) is 1. The number of aliphatic hydroxyl groups excluding tert-OH is 1. The molecule has 0 amide bonds. The lowest BCUT2D eigenvalue weighted by molar-refractivity contribution is -0.127. The molecule has 1 fully saturated rings. The minimum Gasteiger partial charge on any atom is -0.385 e. The Hall–Kier alpha value is -1.15. The largest absolute Gasteiger partial charge is 0.385 e. The van der Waals surface area contributed by atoms with Crippen molar-refractivity contribution in [2.24, 2.45) is 5.92 Å². The van der Waals surface area contributed by atoms with Crippen LogP contribution in [0.3, 0.4) is 0 Å². The maximum Gasteiger partial charge on any atom is 0.165 e. The molecule has 0 heterocycles. The van der Waals surface area contributed by atoms with Gasteiger partial charge in [0.15, 0.2) is 5.78 Å². The van der Waals surface area contributed by atoms with E-state index in [0.717, 1.165) is 29.5 Å². The van der Waals surface area contributed by atoms with Crippen LogP contribution in [0.1, 0.15) is 29.5 Å². The molecule has 1 saturated carbocycles. The Morgan fingerprint density at radius 1 is 1.44 bits per heavy atom. The predicted molar refractivity (Wildman–Crippen MR) is 63.4 cm³/mol. The summed E-state index contributed by atoms with van der Waals surface area (Å²) < 4.78 is 0. The molecule has 0 saturated heterocycles. The van der Waals surface area contributed by atoms with E-state index in [-0.39, 0.29) is 11.7 Å². The van der Waals surface area contributed by atoms with E-state index in [1.54, 1.807) is 0 Å². The van der Waals surface area contributed by atoms with Crippen molar-refractivity contribution in [3.8, 4) is 0 Å². The van der Waals surface area contributed by atoms with E-state index in [4.69, 9.17) is 0 Å². The minimum absolute atomic E-state index is 0.0313. The number of benzene rings is 1. The molecule has 0 aliphatic heterocycles. The molecule has 16 heavy (non-hydrogen) atoms. The average molecular weight is 218 g/mol. The standard InChI is InChI=1S/C14H18O2/c1-9-3-4-10(2)12(7-9)8-13(15)14(16)11-5-6-11/h3-4,7,11,14,16H,5-6,8H2,1-2H3. The Labute approximate surface area is 96.3 Å². The normalized spacial score (nSPS) is 17.2. The Morgan fingerprint density at radius 2 is 2.12 bits per heavy atom. The summed E-state index contributed by atoms with van der Waals surface area (Å²) in [5.74, 6) is 0.203. The maximum absolute atomic E-state index is 11.8. The average Bonchev–Trinajstić information content (AvgIpc) is 3.06. The molecule has 1 N–H and O–H groups in total. The molecule has 2 rings (SSSR count). The van der Waals surface area contributed by atoms with Crippen molar-refractivity contribution in [3.05, 3.63) is 34.9 Å². The molecule has 1 aromatic rings. The van der Waals surface area contributed by atoms with E-state index in [0.29, 0.717) is 6.42 Å². The highest BCUT2D eigenvalue weighted by Crippen LogP contribution is 2.33. The molecule has 1 aromatic carbocycles. The molecule has 0 radical (unpaired) electrons. The van der Waals surface area contributed by atoms with Crippen LogP contribution in [0.2, 0.25) is 0 Å². The number of carbonyl (C=O) groups is 1. The topological polar surface area (TPSA) is 37.3 Å². The van der Waals surface area contributed by atoms with Gasteiger partial charge < -0.3 is 5.11 Å². The van der Waals surface area contributed by atoms with Crippen LogP contribution < -0.4 is 0 Å². The minimum atomic E-state index is -0.736. The van der Waals surface area contributed by atoms with Gasteiger partial charge in [0.05, 0.1) is 0 Å². The molecular formula is C14H18O2. The van der Waals surface area contributed by atoms with Crippen LogP contribution in [0.25, 0.3) is 0 Å². The second-order valence-corrected chi connectivity index (χ2v) is 4.86. The van der Waals surface area contributed by atoms with Crippen LogP contribution in [0.15, 0.2) is 18.2 Å². The Balaban J connectivity index is 2.07. The summed E-state index contributed by atoms with van der Waals surface area (Å²) in [6.45, 7) is 4.02. The molecule has 2 nitrogen and oxygen atoms in total. The summed E-state index contributed by atoms with van der Waals surface area (Å²) in [7, 11) is 0. The van der Waals surface area contributed by atoms with E-state index < -0.39 is 6.10 Å². The molecule has 1 aliphatic carbocycles. The fourth-order valence-corrected chi connectivity index (χ4v) is 1.96. The summed E-state index contributed by atoms with van der Waals surface area (Å²) in [6, 6.07) is 6.11. The monoisotopic (exact) mass is 218 g/mol. The third-order valence-corrected chi connectivity index (χ3v) is 3.27. The molecule has 86 valence electrons. The quantitative estimate of drug-likeness (QED) is 0.841. The third kappa shape index (κ3) is 2.50. The van der Waals surface area contributed by atoms with Crippen LogP contribution >= 0.6 is 0 Å². The van der Waals surface area contributed by atoms with Gasteiger partial charge in [-0.25, -0.2) is 0 Å². The first kappa shape index (κ1) is 11.3. The Kier molecular flexibility index (Phi) is 3.10. The lowest BCUT2D eigenvalue weighted by atomic mass is 9.97. The molecular weight excluding hydrogens is 200 g/mol. The number of hydrogen-bond donors (Lipinski definition) is 1. The zero-order valence-electron chi connectivity index (χ0n) is 9.86. The number of aliphatic hydroxyl groups is 1. The molecule has 1 unspecified atom stereocenters. The van der Waals surface area contributed by atoms with Gasteiger partial charge in [-0.15, -0.1) is 0 Å². The highest BCUT2D eigenvalue weighted by Gasteiger charge is 2.34. The molecule has 0 bridgehead atoms. The first-order valence-electron chi connectivity index (χ1n) is 5.85. The van der Waals surface area contributed by atoms with Gasteiger partial charge in [0.1, 0.15) is 6.10 Å². The summed E-state index contributed by atoms with van der Waals surface area (Å²) in [5.41, 5.74) is 3.33. The first-order chi connectivity index (χ1) is 7.58. The molecule has 0 spiro atoms. The van der Waals surface area contributed by atoms with Crippen molar-refractivity contribution < 1.29 is 9.90 Å². The van der Waals surface area contributed by atoms with Crippen LogP contribution in [0.5, 0.6) is 0 Å². The summed E-state index contributed by atoms with van der Waals surface area (Å²) in [4.78, 5) is 11.8. The smallest absolute Gasteiger partial charge is 0.165 e. The van der Waals surface area contributed by atoms with Gasteiger partial charge in [0.2, 0.25) is 0 Å². The molecule has 1 atom stereocenters. The van der Waals surface area contributed by atoms with Crippen LogP contribution in [0, 0.1) is 19.8 Å². The first-order valence-corrected chi connectivity index (χ1v) is 5.85. The molecule has 0 aromatic heterocycles. The fraction of sp³-hybridized carbons (Fsp3) is 0.500. The molecule has 1 aliphatic rings.